The number of carbonyl (C=O) groups excluding carboxylic acids is 1. The number of alkyl halides is 3. The van der Waals surface area contributed by atoms with Crippen molar-refractivity contribution in [1.29, 1.82) is 0 Å². The minimum Gasteiger partial charge on any atom is -0.322 e. The average Bonchev–Trinajstić information content (AvgIpc) is 3.60. The Hall–Kier alpha value is -3.83. The third kappa shape index (κ3) is 5.53. The van der Waals surface area contributed by atoms with E-state index in [2.05, 4.69) is 20.9 Å². The van der Waals surface area contributed by atoms with Crippen molar-refractivity contribution in [2.75, 3.05) is 30.5 Å². The lowest BCUT2D eigenvalue weighted by Crippen LogP contribution is -2.38. The Bertz CT molecular complexity index is 1380. The molecule has 5 rings (SSSR count). The first-order valence-corrected chi connectivity index (χ1v) is 12.4. The van der Waals surface area contributed by atoms with Crippen LogP contribution >= 0.6 is 0 Å². The molecule has 0 aliphatic carbocycles. The minimum atomic E-state index is -4.51. The third-order valence-electron chi connectivity index (χ3n) is 6.78. The summed E-state index contributed by atoms with van der Waals surface area (Å²) >= 11 is 0. The Kier molecular flexibility index (Phi) is 6.89. The van der Waals surface area contributed by atoms with Gasteiger partial charge in [0.15, 0.2) is 0 Å². The van der Waals surface area contributed by atoms with Crippen LogP contribution in [0, 0.1) is 6.92 Å². The molecule has 0 bridgehead atoms. The van der Waals surface area contributed by atoms with Crippen LogP contribution in [0.15, 0.2) is 55.0 Å². The van der Waals surface area contributed by atoms with Crippen molar-refractivity contribution in [1.82, 2.24) is 25.2 Å². The fraction of sp³-hybridized carbons (Fsp3) is 0.333. The van der Waals surface area contributed by atoms with Gasteiger partial charge >= 0.3 is 6.18 Å². The van der Waals surface area contributed by atoms with E-state index in [1.54, 1.807) is 34.1 Å². The van der Waals surface area contributed by atoms with Gasteiger partial charge in [-0.05, 0) is 74.3 Å². The second-order valence-electron chi connectivity index (χ2n) is 9.80. The predicted octanol–water partition coefficient (Wildman–Crippen LogP) is 4.77. The summed E-state index contributed by atoms with van der Waals surface area (Å²) in [5.74, 6) is -0.485. The smallest absolute Gasteiger partial charge is 0.322 e. The van der Waals surface area contributed by atoms with Gasteiger partial charge in [-0.2, -0.15) is 18.3 Å². The van der Waals surface area contributed by atoms with E-state index in [0.29, 0.717) is 17.7 Å². The Morgan fingerprint density at radius 1 is 1.11 bits per heavy atom. The van der Waals surface area contributed by atoms with Crippen LogP contribution in [-0.2, 0) is 19.8 Å². The van der Waals surface area contributed by atoms with Crippen molar-refractivity contribution in [3.63, 3.8) is 0 Å². The molecule has 1 amide bonds. The second-order valence-corrected chi connectivity index (χ2v) is 9.80. The van der Waals surface area contributed by atoms with E-state index >= 15 is 0 Å². The van der Waals surface area contributed by atoms with Crippen LogP contribution in [0.5, 0.6) is 0 Å². The quantitative estimate of drug-likeness (QED) is 0.484. The molecule has 1 saturated heterocycles. The molecule has 1 fully saturated rings. The van der Waals surface area contributed by atoms with Crippen molar-refractivity contribution in [2.45, 2.75) is 32.5 Å². The van der Waals surface area contributed by atoms with Gasteiger partial charge < -0.3 is 5.32 Å². The zero-order chi connectivity index (χ0) is 27.0. The highest BCUT2D eigenvalue weighted by Gasteiger charge is 2.32. The van der Waals surface area contributed by atoms with Gasteiger partial charge in [0, 0.05) is 49.9 Å². The number of carbonyl (C=O) groups is 1. The number of rotatable bonds is 6. The molecule has 11 heteroatoms. The number of likely N-dealkylation sites (tertiary alicyclic amines) is 1. The fourth-order valence-electron chi connectivity index (χ4n) is 4.83. The molecule has 38 heavy (non-hydrogen) atoms. The van der Waals surface area contributed by atoms with E-state index in [0.717, 1.165) is 54.5 Å². The van der Waals surface area contributed by atoms with Gasteiger partial charge in [0.1, 0.15) is 0 Å². The minimum absolute atomic E-state index is 0.124. The van der Waals surface area contributed by atoms with Gasteiger partial charge in [-0.15, -0.1) is 5.53 Å². The number of hydrogen-bond acceptors (Lipinski definition) is 6. The number of nitrogens with one attached hydrogen (secondary N) is 2. The number of halogens is 3. The lowest BCUT2D eigenvalue weighted by atomic mass is 10.1. The first-order valence-electron chi connectivity index (χ1n) is 12.4. The normalized spacial score (nSPS) is 16.3. The highest BCUT2D eigenvalue weighted by atomic mass is 19.4. The van der Waals surface area contributed by atoms with Crippen LogP contribution in [0.1, 0.15) is 45.5 Å². The highest BCUT2D eigenvalue weighted by Crippen LogP contribution is 2.33. The molecule has 0 spiro atoms. The molecule has 0 radical (unpaired) electrons. The van der Waals surface area contributed by atoms with Crippen LogP contribution in [0.4, 0.5) is 24.5 Å². The summed E-state index contributed by atoms with van der Waals surface area (Å²) in [6.45, 7) is 4.06. The molecule has 0 atom stereocenters. The number of nitrogens with zero attached hydrogens (tertiary/aromatic N) is 5. The Labute approximate surface area is 219 Å². The monoisotopic (exact) mass is 525 g/mol. The Morgan fingerprint density at radius 3 is 2.55 bits per heavy atom. The van der Waals surface area contributed by atoms with Crippen LogP contribution in [0.2, 0.25) is 0 Å². The zero-order valence-corrected chi connectivity index (χ0v) is 21.5. The molecular formula is C27H30F3N7O. The van der Waals surface area contributed by atoms with Crippen molar-refractivity contribution >= 4 is 23.0 Å². The Balaban J connectivity index is 1.39. The zero-order valence-electron chi connectivity index (χ0n) is 21.5. The molecule has 1 aromatic heterocycles. The molecule has 3 aromatic rings. The van der Waals surface area contributed by atoms with Gasteiger partial charge in [0.25, 0.3) is 5.91 Å². The van der Waals surface area contributed by atoms with Gasteiger partial charge in [0.05, 0.1) is 23.1 Å². The molecule has 2 aliphatic heterocycles. The summed E-state index contributed by atoms with van der Waals surface area (Å²) in [4.78, 5) is 15.3. The number of aromatic nitrogens is 2. The highest BCUT2D eigenvalue weighted by molar-refractivity contribution is 6.05. The van der Waals surface area contributed by atoms with E-state index in [9.17, 15) is 18.0 Å². The van der Waals surface area contributed by atoms with E-state index in [4.69, 9.17) is 0 Å². The number of aryl methyl sites for hydroxylation is 2. The van der Waals surface area contributed by atoms with Crippen LogP contribution in [0.3, 0.4) is 0 Å². The lowest BCUT2D eigenvalue weighted by molar-refractivity contribution is -0.137. The molecule has 2 aliphatic rings. The molecule has 8 nitrogen and oxygen atoms in total. The average molecular weight is 526 g/mol. The van der Waals surface area contributed by atoms with Crippen LogP contribution < -0.4 is 15.9 Å². The molecule has 2 N–H and O–H groups in total. The van der Waals surface area contributed by atoms with Crippen molar-refractivity contribution < 1.29 is 18.0 Å². The molecule has 0 unspecified atom stereocenters. The summed E-state index contributed by atoms with van der Waals surface area (Å²) in [6.07, 6.45) is 3.13. The summed E-state index contributed by atoms with van der Waals surface area (Å²) in [7, 11) is 3.72. The fourth-order valence-corrected chi connectivity index (χ4v) is 4.83. The van der Waals surface area contributed by atoms with E-state index in [-0.39, 0.29) is 5.69 Å². The third-order valence-corrected chi connectivity index (χ3v) is 6.78. The van der Waals surface area contributed by atoms with Gasteiger partial charge in [0.2, 0.25) is 0 Å². The van der Waals surface area contributed by atoms with Gasteiger partial charge in [-0.3, -0.25) is 24.4 Å². The maximum atomic E-state index is 13.6. The Morgan fingerprint density at radius 2 is 1.87 bits per heavy atom. The van der Waals surface area contributed by atoms with Crippen molar-refractivity contribution in [3.8, 4) is 0 Å². The lowest BCUT2D eigenvalue weighted by Gasteiger charge is -2.22. The van der Waals surface area contributed by atoms with Crippen LogP contribution in [-0.4, -0.2) is 45.7 Å². The number of hydrazine groups is 2. The number of benzene rings is 2. The van der Waals surface area contributed by atoms with E-state index < -0.39 is 17.6 Å². The first-order chi connectivity index (χ1) is 18.1. The van der Waals surface area contributed by atoms with E-state index in [1.165, 1.54) is 6.07 Å². The molecule has 0 saturated carbocycles. The first kappa shape index (κ1) is 25.8. The standard InChI is InChI=1S/C27H30F3N7O/c1-18-6-7-20(12-24(18)37-17-25(35(3)33-37)21-14-31-34(2)16-21)26(38)32-23-11-19(15-36-8-4-5-9-36)10-22(13-23)27(28,29)30/h6-7,10-14,16-17,33H,4-5,8-9,15H2,1-3H3,(H,32,38). The summed E-state index contributed by atoms with van der Waals surface area (Å²) < 4.78 is 42.6. The number of amides is 1. The van der Waals surface area contributed by atoms with Gasteiger partial charge in [-0.1, -0.05) is 6.07 Å². The molecule has 200 valence electrons. The summed E-state index contributed by atoms with van der Waals surface area (Å²) in [5, 5.41) is 10.5. The summed E-state index contributed by atoms with van der Waals surface area (Å²) in [6, 6.07) is 8.97. The van der Waals surface area contributed by atoms with Crippen molar-refractivity contribution in [3.05, 3.63) is 82.8 Å². The topological polar surface area (TPSA) is 68.7 Å². The van der Waals surface area contributed by atoms with Crippen molar-refractivity contribution in [2.24, 2.45) is 7.05 Å². The largest absolute Gasteiger partial charge is 0.416 e. The molecular weight excluding hydrogens is 495 g/mol. The number of hydrogen-bond donors (Lipinski definition) is 2. The summed E-state index contributed by atoms with van der Waals surface area (Å²) in [5.41, 5.74) is 6.90. The maximum Gasteiger partial charge on any atom is 0.416 e. The number of anilines is 2. The maximum absolute atomic E-state index is 13.6. The van der Waals surface area contributed by atoms with Crippen LogP contribution in [0.25, 0.3) is 5.70 Å². The second kappa shape index (κ2) is 10.1. The van der Waals surface area contributed by atoms with E-state index in [1.807, 2.05) is 44.5 Å². The molecule has 2 aromatic carbocycles. The molecule has 3 heterocycles. The SMILES string of the molecule is Cc1ccc(C(=O)Nc2cc(CN3CCCC3)cc(C(F)(F)F)c2)cc1N1C=C(c2cnn(C)c2)N(C)N1. The predicted molar refractivity (Wildman–Crippen MR) is 140 cm³/mol. The van der Waals surface area contributed by atoms with Gasteiger partial charge in [-0.25, -0.2) is 0 Å².